The van der Waals surface area contributed by atoms with Gasteiger partial charge in [0.05, 0.1) is 44.3 Å². The Labute approximate surface area is 292 Å². The van der Waals surface area contributed by atoms with Gasteiger partial charge in [-0.25, -0.2) is 9.40 Å². The molecule has 3 aliphatic rings. The first kappa shape index (κ1) is 32.7. The molecule has 0 spiro atoms. The Morgan fingerprint density at radius 2 is 1.82 bits per heavy atom. The molecule has 2 aromatic heterocycles. The summed E-state index contributed by atoms with van der Waals surface area (Å²) >= 11 is -0.415. The smallest absolute Gasteiger partial charge is 0.273 e. The van der Waals surface area contributed by atoms with Gasteiger partial charge in [-0.2, -0.15) is 0 Å². The monoisotopic (exact) mass is 778 g/mol. The number of H-pyrrole nitrogens is 1. The molecular weight excluding hydrogens is 742 g/mol. The maximum atomic E-state index is 16.6. The van der Waals surface area contributed by atoms with Crippen molar-refractivity contribution < 1.29 is 18.7 Å². The number of methoxy groups -OCH3 is 1. The molecule has 0 aliphatic carbocycles. The number of carbonyl (C=O) groups is 2. The SMILES string of the molecule is COc1ccccc1-c1cc(C2=CCCN(C(=O)CCN3C=IN=N3)C2)c(F)c2[nH]c(C(=O)N3CCN(c4cccn(C)c4=O)CC3)cc12. The molecule has 3 aliphatic heterocycles. The summed E-state index contributed by atoms with van der Waals surface area (Å²) in [5, 5.41) is 6.32. The summed E-state index contributed by atoms with van der Waals surface area (Å²) < 4.78 is 29.9. The van der Waals surface area contributed by atoms with E-state index in [0.29, 0.717) is 85.6 Å². The van der Waals surface area contributed by atoms with Crippen LogP contribution in [0.4, 0.5) is 10.1 Å². The van der Waals surface area contributed by atoms with Gasteiger partial charge in [-0.3, -0.25) is 14.4 Å². The molecule has 4 aromatic rings. The van der Waals surface area contributed by atoms with Gasteiger partial charge in [-0.15, -0.1) is 3.33 Å². The van der Waals surface area contributed by atoms with E-state index in [9.17, 15) is 14.4 Å². The molecular formula is C35H36FIN8O4. The quantitative estimate of drug-likeness (QED) is 0.253. The first-order valence-corrected chi connectivity index (χ1v) is 18.3. The fraction of sp³-hybridized carbons (Fsp3) is 0.314. The number of aromatic nitrogens is 2. The van der Waals surface area contributed by atoms with Crippen LogP contribution in [0.25, 0.3) is 27.6 Å². The van der Waals surface area contributed by atoms with Gasteiger partial charge in [-0.05, 0) is 47.9 Å². The number of nitrogens with zero attached hydrogens (tertiary/aromatic N) is 7. The van der Waals surface area contributed by atoms with Crippen LogP contribution in [0, 0.1) is 5.82 Å². The number of nitrogens with one attached hydrogen (secondary N) is 1. The maximum absolute atomic E-state index is 16.6. The van der Waals surface area contributed by atoms with Crippen molar-refractivity contribution in [3.63, 3.8) is 0 Å². The lowest BCUT2D eigenvalue weighted by Crippen LogP contribution is -2.50. The topological polar surface area (TPSA) is 119 Å². The predicted octanol–water partition coefficient (Wildman–Crippen LogP) is 4.98. The van der Waals surface area contributed by atoms with Crippen LogP contribution in [0.3, 0.4) is 0 Å². The fourth-order valence-corrected chi connectivity index (χ4v) is 7.76. The van der Waals surface area contributed by atoms with Crippen LogP contribution in [0.15, 0.2) is 74.1 Å². The zero-order valence-electron chi connectivity index (χ0n) is 27.2. The third kappa shape index (κ3) is 6.48. The number of pyridine rings is 1. The van der Waals surface area contributed by atoms with E-state index in [1.807, 2.05) is 45.4 Å². The van der Waals surface area contributed by atoms with E-state index in [1.165, 1.54) is 0 Å². The molecule has 0 unspecified atom stereocenters. The highest BCUT2D eigenvalue weighted by Gasteiger charge is 2.28. The molecule has 14 heteroatoms. The Bertz CT molecular complexity index is 2070. The van der Waals surface area contributed by atoms with Crippen molar-refractivity contribution in [2.75, 3.05) is 57.8 Å². The highest BCUT2D eigenvalue weighted by Crippen LogP contribution is 2.40. The standard InChI is InChI=1S/C35H36FIN8O4/c1-41-12-6-9-29(35(41)48)42-15-17-43(18-16-42)34(47)28-20-27-26(24-8-3-4-10-30(24)49-2)19-25(32(36)33(27)38-28)23-7-5-13-44(21-23)31(46)11-14-45-22-37-39-40-45/h3-4,6-10,12,19-20,22,38H,5,11,13-18,21H2,1-2H3. The Balaban J connectivity index is 1.19. The van der Waals surface area contributed by atoms with Gasteiger partial charge in [0, 0.05) is 75.4 Å². The molecule has 0 radical (unpaired) electrons. The first-order chi connectivity index (χ1) is 23.8. The van der Waals surface area contributed by atoms with Crippen molar-refractivity contribution in [1.29, 1.82) is 0 Å². The summed E-state index contributed by atoms with van der Waals surface area (Å²) in [6.07, 6.45) is 4.59. The van der Waals surface area contributed by atoms with Crippen molar-refractivity contribution in [3.05, 3.63) is 88.2 Å². The average Bonchev–Trinajstić information content (AvgIpc) is 3.83. The Morgan fingerprint density at radius 3 is 2.59 bits per heavy atom. The van der Waals surface area contributed by atoms with Crippen LogP contribution in [0.2, 0.25) is 0 Å². The molecule has 49 heavy (non-hydrogen) atoms. The number of amides is 2. The molecule has 0 atom stereocenters. The van der Waals surface area contributed by atoms with Crippen molar-refractivity contribution in [2.24, 2.45) is 15.6 Å². The van der Waals surface area contributed by atoms with Crippen molar-refractivity contribution in [2.45, 2.75) is 12.8 Å². The molecule has 7 rings (SSSR count). The molecule has 12 nitrogen and oxygen atoms in total. The second-order valence-electron chi connectivity index (χ2n) is 12.2. The van der Waals surface area contributed by atoms with Gasteiger partial charge in [0.15, 0.2) is 5.82 Å². The molecule has 1 saturated heterocycles. The number of rotatable bonds is 8. The Kier molecular flexibility index (Phi) is 9.29. The lowest BCUT2D eigenvalue weighted by molar-refractivity contribution is -0.130. The third-order valence-electron chi connectivity index (χ3n) is 9.24. The van der Waals surface area contributed by atoms with Crippen LogP contribution >= 0.6 is 21.0 Å². The maximum Gasteiger partial charge on any atom is 0.273 e. The lowest BCUT2D eigenvalue weighted by atomic mass is 9.93. The van der Waals surface area contributed by atoms with E-state index < -0.39 is 26.8 Å². The van der Waals surface area contributed by atoms with Crippen molar-refractivity contribution in [1.82, 2.24) is 24.4 Å². The van der Waals surface area contributed by atoms with Crippen molar-refractivity contribution in [3.8, 4) is 16.9 Å². The predicted molar refractivity (Wildman–Crippen MR) is 195 cm³/mol. The normalized spacial score (nSPS) is 16.3. The number of aryl methyl sites for hydroxylation is 1. The fourth-order valence-electron chi connectivity index (χ4n) is 6.61. The minimum Gasteiger partial charge on any atom is -0.496 e. The number of fused-ring (bicyclic) bond motifs is 1. The first-order valence-electron chi connectivity index (χ1n) is 16.1. The minimum atomic E-state index is -0.478. The van der Waals surface area contributed by atoms with E-state index in [2.05, 4.69) is 13.5 Å². The zero-order chi connectivity index (χ0) is 34.1. The summed E-state index contributed by atoms with van der Waals surface area (Å²) in [5.74, 6) is -0.124. The zero-order valence-corrected chi connectivity index (χ0v) is 29.4. The molecule has 2 amide bonds. The van der Waals surface area contributed by atoms with E-state index in [0.717, 1.165) is 5.56 Å². The van der Waals surface area contributed by atoms with Crippen LogP contribution in [0.1, 0.15) is 28.9 Å². The number of hydrogen-bond donors (Lipinski definition) is 1. The lowest BCUT2D eigenvalue weighted by Gasteiger charge is -2.35. The minimum absolute atomic E-state index is 0.0220. The van der Waals surface area contributed by atoms with E-state index in [1.54, 1.807) is 57.9 Å². The van der Waals surface area contributed by atoms with Crippen LogP contribution in [-0.4, -0.2) is 93.2 Å². The third-order valence-corrected chi connectivity index (χ3v) is 10.6. The van der Waals surface area contributed by atoms with E-state index in [4.69, 9.17) is 4.74 Å². The number of para-hydroxylation sites is 1. The molecule has 0 bridgehead atoms. The summed E-state index contributed by atoms with van der Waals surface area (Å²) in [5.41, 5.74) is 3.57. The number of aromatic amines is 1. The number of benzene rings is 2. The molecule has 1 fully saturated rings. The summed E-state index contributed by atoms with van der Waals surface area (Å²) in [4.78, 5) is 48.3. The number of anilines is 1. The van der Waals surface area contributed by atoms with Gasteiger partial charge < -0.3 is 29.0 Å². The average molecular weight is 779 g/mol. The molecule has 2 aromatic carbocycles. The van der Waals surface area contributed by atoms with Gasteiger partial charge in [0.25, 0.3) is 11.5 Å². The number of piperazine rings is 1. The largest absolute Gasteiger partial charge is 0.496 e. The second-order valence-corrected chi connectivity index (χ2v) is 13.7. The number of hydrogen-bond acceptors (Lipinski definition) is 8. The number of ether oxygens (including phenoxy) is 1. The summed E-state index contributed by atoms with van der Waals surface area (Å²) in [6, 6.07) is 14.7. The summed E-state index contributed by atoms with van der Waals surface area (Å²) in [6.45, 7) is 3.12. The van der Waals surface area contributed by atoms with Gasteiger partial charge in [0.2, 0.25) is 5.91 Å². The van der Waals surface area contributed by atoms with Gasteiger partial charge in [-0.1, -0.05) is 29.5 Å². The highest BCUT2D eigenvalue weighted by atomic mass is 127. The van der Waals surface area contributed by atoms with Crippen LogP contribution < -0.4 is 15.2 Å². The molecule has 1 N–H and O–H groups in total. The Hall–Kier alpha value is -4.86. The highest BCUT2D eigenvalue weighted by molar-refractivity contribution is 14.2. The van der Waals surface area contributed by atoms with E-state index in [-0.39, 0.29) is 35.1 Å². The van der Waals surface area contributed by atoms with Gasteiger partial charge >= 0.3 is 0 Å². The number of halogens is 2. The van der Waals surface area contributed by atoms with Crippen LogP contribution in [-0.2, 0) is 11.8 Å². The molecule has 0 saturated carbocycles. The summed E-state index contributed by atoms with van der Waals surface area (Å²) in [7, 11) is 3.31. The van der Waals surface area contributed by atoms with E-state index >= 15 is 4.39 Å². The molecule has 5 heterocycles. The molecule has 254 valence electrons. The Morgan fingerprint density at radius 1 is 1.00 bits per heavy atom. The van der Waals surface area contributed by atoms with Gasteiger partial charge in [0.1, 0.15) is 17.1 Å². The number of carbonyl (C=O) groups excluding carboxylic acids is 2. The second kappa shape index (κ2) is 13.9. The van der Waals surface area contributed by atoms with Crippen molar-refractivity contribution >= 4 is 59.1 Å². The van der Waals surface area contributed by atoms with Crippen LogP contribution in [0.5, 0.6) is 5.75 Å².